The zero-order valence-electron chi connectivity index (χ0n) is 35.9. The molecule has 2 rings (SSSR count). The van der Waals surface area contributed by atoms with Crippen LogP contribution in [0.1, 0.15) is 218 Å². The number of alkyl halides is 6. The summed E-state index contributed by atoms with van der Waals surface area (Å²) in [5, 5.41) is 0. The van der Waals surface area contributed by atoms with E-state index in [9.17, 15) is 26.3 Å². The van der Waals surface area contributed by atoms with E-state index in [0.29, 0.717) is 19.3 Å². The minimum atomic E-state index is -3.98. The van der Waals surface area contributed by atoms with Crippen LogP contribution in [0.4, 0.5) is 26.3 Å². The van der Waals surface area contributed by atoms with Crippen molar-refractivity contribution in [3.8, 4) is 0 Å². The lowest BCUT2D eigenvalue weighted by Crippen LogP contribution is -2.12. The second-order valence-corrected chi connectivity index (χ2v) is 11.8. The molecule has 0 N–H and O–H groups in total. The van der Waals surface area contributed by atoms with Crippen molar-refractivity contribution in [1.29, 1.82) is 0 Å². The van der Waals surface area contributed by atoms with Gasteiger partial charge in [-0.15, -0.1) is 0 Å². The molecule has 0 nitrogen and oxygen atoms in total. The number of rotatable bonds is 6. The van der Waals surface area contributed by atoms with Gasteiger partial charge in [0, 0.05) is 18.3 Å². The Kier molecular flexibility index (Phi) is 44.2. The van der Waals surface area contributed by atoms with Gasteiger partial charge in [0.2, 0.25) is 0 Å². The molecule has 6 heteroatoms. The predicted octanol–water partition coefficient (Wildman–Crippen LogP) is 16.8. The van der Waals surface area contributed by atoms with E-state index in [-0.39, 0.29) is 23.6 Å². The van der Waals surface area contributed by atoms with Crippen LogP contribution in [0, 0.1) is 23.6 Å². The molecule has 2 aliphatic carbocycles. The Morgan fingerprint density at radius 3 is 0.886 bits per heavy atom. The first-order chi connectivity index (χ1) is 21.7. The Morgan fingerprint density at radius 1 is 0.568 bits per heavy atom. The van der Waals surface area contributed by atoms with Crippen molar-refractivity contribution >= 4 is 0 Å². The molecule has 2 saturated carbocycles. The fourth-order valence-corrected chi connectivity index (χ4v) is 3.21. The van der Waals surface area contributed by atoms with Crippen LogP contribution in [-0.2, 0) is 0 Å². The van der Waals surface area contributed by atoms with Crippen molar-refractivity contribution in [2.75, 3.05) is 0 Å². The summed E-state index contributed by atoms with van der Waals surface area (Å²) in [5.74, 6) is -0.590. The molecule has 0 aromatic heterocycles. The molecule has 0 spiro atoms. The predicted molar refractivity (Wildman–Crippen MR) is 189 cm³/mol. The molecular formula is C38H82F6. The van der Waals surface area contributed by atoms with E-state index >= 15 is 0 Å². The van der Waals surface area contributed by atoms with E-state index in [2.05, 4.69) is 27.7 Å². The van der Waals surface area contributed by atoms with Crippen LogP contribution in [0.3, 0.4) is 0 Å². The third-order valence-corrected chi connectivity index (χ3v) is 6.57. The van der Waals surface area contributed by atoms with Gasteiger partial charge in [-0.3, -0.25) is 0 Å². The largest absolute Gasteiger partial charge is 0.389 e. The van der Waals surface area contributed by atoms with Gasteiger partial charge < -0.3 is 0 Å². The highest BCUT2D eigenvalue weighted by Crippen LogP contribution is 2.26. The second-order valence-electron chi connectivity index (χ2n) is 11.8. The quantitative estimate of drug-likeness (QED) is 0.250. The fourth-order valence-electron chi connectivity index (χ4n) is 3.21. The number of unbranched alkanes of at least 4 members (excludes halogenated alkanes) is 1. The van der Waals surface area contributed by atoms with Gasteiger partial charge in [0.05, 0.1) is 0 Å². The van der Waals surface area contributed by atoms with Gasteiger partial charge >= 0.3 is 12.4 Å². The average molecular weight is 657 g/mol. The Morgan fingerprint density at radius 2 is 0.795 bits per heavy atom. The van der Waals surface area contributed by atoms with E-state index in [4.69, 9.17) is 5.48 Å². The molecule has 276 valence electrons. The van der Waals surface area contributed by atoms with Crippen molar-refractivity contribution in [1.82, 2.24) is 0 Å². The molecule has 2 fully saturated rings. The zero-order chi connectivity index (χ0) is 39.7. The third kappa shape index (κ3) is 73.2. The van der Waals surface area contributed by atoms with Crippen LogP contribution < -0.4 is 0 Å². The molecule has 44 heavy (non-hydrogen) atoms. The Bertz CT molecular complexity index is 576. The van der Waals surface area contributed by atoms with Gasteiger partial charge in [0.25, 0.3) is 0 Å². The molecular weight excluding hydrogens is 570 g/mol. The molecule has 2 aliphatic rings. The summed E-state index contributed by atoms with van der Waals surface area (Å²) in [6.45, 7) is 26.8. The summed E-state index contributed by atoms with van der Waals surface area (Å²) in [6, 6.07) is 0. The average Bonchev–Trinajstić information content (AvgIpc) is 3.37. The van der Waals surface area contributed by atoms with Gasteiger partial charge in [0.15, 0.2) is 0 Å². The zero-order valence-corrected chi connectivity index (χ0v) is 31.9. The molecule has 0 heterocycles. The number of hydrogen-bond donors (Lipinski definition) is 0. The van der Waals surface area contributed by atoms with Gasteiger partial charge in [0.1, 0.15) is 0 Å². The topological polar surface area (TPSA) is 0 Å². The third-order valence-electron chi connectivity index (χ3n) is 6.57. The molecule has 0 saturated heterocycles. The molecule has 0 aliphatic heterocycles. The van der Waals surface area contributed by atoms with Crippen molar-refractivity contribution < 1.29 is 31.8 Å². The van der Waals surface area contributed by atoms with Gasteiger partial charge in [-0.1, -0.05) is 200 Å². The van der Waals surface area contributed by atoms with E-state index in [0.717, 1.165) is 25.7 Å². The summed E-state index contributed by atoms with van der Waals surface area (Å²) >= 11 is 0. The van der Waals surface area contributed by atoms with Crippen molar-refractivity contribution in [3.05, 3.63) is 0 Å². The highest BCUT2D eigenvalue weighted by Gasteiger charge is 2.29. The molecule has 0 unspecified atom stereocenters. The summed E-state index contributed by atoms with van der Waals surface area (Å²) < 4.78 is 97.8. The fraction of sp³-hybridized carbons (Fsp3) is 1.00. The maximum atomic E-state index is 11.5. The lowest BCUT2D eigenvalue weighted by molar-refractivity contribution is -0.144. The standard InChI is InChI=1S/C7H14.2C6H11F3.C6H12.2C4H10.C3H8.C2H6/c1-7-5-3-2-4-6-7;2*1-3-5(2)4-6(7,8)9;1-6-4-2-3-5-6;2*1-3-4-2;1-3-2;1-2/h7H,2-6H2,1H3;2*5H,3-4H2,1-2H3;6H,2-5H2,1H3;2*3-4H2,1-2H3;3H2,1-2H3;1-2H3/t;2*5-;;;;;/m.00...../s1/i7D;;;6D;3D2;;;. The Balaban J connectivity index is -0.000000109. The highest BCUT2D eigenvalue weighted by molar-refractivity contribution is 4.61. The van der Waals surface area contributed by atoms with E-state index in [1.165, 1.54) is 51.4 Å². The van der Waals surface area contributed by atoms with Gasteiger partial charge in [-0.2, -0.15) is 26.3 Å². The summed E-state index contributed by atoms with van der Waals surface area (Å²) in [6.07, 6.45) is 6.42. The van der Waals surface area contributed by atoms with Gasteiger partial charge in [-0.25, -0.2) is 0 Å². The summed E-state index contributed by atoms with van der Waals surface area (Å²) in [5.41, 5.74) is 0. The van der Waals surface area contributed by atoms with Crippen LogP contribution >= 0.6 is 0 Å². The normalized spacial score (nSPS) is 18.9. The molecule has 0 aromatic rings. The van der Waals surface area contributed by atoms with E-state index in [1.807, 2.05) is 34.6 Å². The Hall–Kier alpha value is -0.420. The smallest absolute Gasteiger partial charge is 0.171 e. The maximum absolute atomic E-state index is 11.5. The van der Waals surface area contributed by atoms with Gasteiger partial charge in [-0.05, 0) is 23.6 Å². The first-order valence-electron chi connectivity index (χ1n) is 19.8. The first kappa shape index (κ1) is 45.7. The second kappa shape index (κ2) is 42.6. The maximum Gasteiger partial charge on any atom is 0.389 e. The number of hydrogen-bond acceptors (Lipinski definition) is 0. The minimum Gasteiger partial charge on any atom is -0.171 e. The minimum absolute atomic E-state index is 0.0556. The monoisotopic (exact) mass is 657 g/mol. The van der Waals surface area contributed by atoms with Crippen LogP contribution in [0.25, 0.3) is 0 Å². The van der Waals surface area contributed by atoms with Crippen molar-refractivity contribution in [3.63, 3.8) is 0 Å². The number of halogens is 6. The Labute approximate surface area is 280 Å². The van der Waals surface area contributed by atoms with Crippen LogP contribution in [-0.4, -0.2) is 12.4 Å². The van der Waals surface area contributed by atoms with E-state index in [1.54, 1.807) is 34.6 Å². The van der Waals surface area contributed by atoms with Crippen LogP contribution in [0.15, 0.2) is 0 Å². The van der Waals surface area contributed by atoms with Crippen molar-refractivity contribution in [2.24, 2.45) is 23.6 Å². The molecule has 0 bridgehead atoms. The summed E-state index contributed by atoms with van der Waals surface area (Å²) in [4.78, 5) is 0. The molecule has 0 radical (unpaired) electrons. The lowest BCUT2D eigenvalue weighted by Gasteiger charge is -2.15. The lowest BCUT2D eigenvalue weighted by atomic mass is 9.91. The summed E-state index contributed by atoms with van der Waals surface area (Å²) in [7, 11) is 0. The highest BCUT2D eigenvalue weighted by atomic mass is 19.4. The van der Waals surface area contributed by atoms with E-state index < -0.39 is 31.6 Å². The molecule has 0 amide bonds. The van der Waals surface area contributed by atoms with Crippen molar-refractivity contribution in [2.45, 2.75) is 225 Å². The molecule has 2 atom stereocenters. The van der Waals surface area contributed by atoms with Crippen LogP contribution in [0.5, 0.6) is 0 Å². The molecule has 0 aromatic carbocycles. The first-order valence-corrected chi connectivity index (χ1v) is 17.8. The SMILES string of the molecule is CC.CCC.CCCC.CC[C@H](C)CC(F)(F)F.CC[C@H](C)CC(F)(F)F.[2H]C([2H])(C)CC.[2H]C1(C)CCCC1.[2H]C1(C)CCCCC1. The van der Waals surface area contributed by atoms with Crippen LogP contribution in [0.2, 0.25) is 0 Å².